The summed E-state index contributed by atoms with van der Waals surface area (Å²) in [6.45, 7) is 7.88. The van der Waals surface area contributed by atoms with Crippen molar-refractivity contribution < 1.29 is 13.9 Å². The van der Waals surface area contributed by atoms with Gasteiger partial charge in [0.25, 0.3) is 0 Å². The van der Waals surface area contributed by atoms with Gasteiger partial charge in [-0.1, -0.05) is 19.3 Å². The third-order valence-electron chi connectivity index (χ3n) is 7.03. The maximum absolute atomic E-state index is 6.25. The fourth-order valence-corrected chi connectivity index (χ4v) is 5.55. The molecular formula is C22H36N2O3. The van der Waals surface area contributed by atoms with E-state index >= 15 is 0 Å². The molecule has 0 amide bonds. The summed E-state index contributed by atoms with van der Waals surface area (Å²) in [4.78, 5) is 5.38. The molecule has 27 heavy (non-hydrogen) atoms. The summed E-state index contributed by atoms with van der Waals surface area (Å²) >= 11 is 0. The molecule has 0 N–H and O–H groups in total. The van der Waals surface area contributed by atoms with Crippen LogP contribution in [0.4, 0.5) is 0 Å². The zero-order valence-corrected chi connectivity index (χ0v) is 17.1. The Balaban J connectivity index is 1.31. The molecule has 5 heteroatoms. The van der Waals surface area contributed by atoms with Crippen molar-refractivity contribution in [3.63, 3.8) is 0 Å². The van der Waals surface area contributed by atoms with Crippen molar-refractivity contribution in [3.8, 4) is 0 Å². The predicted molar refractivity (Wildman–Crippen MR) is 106 cm³/mol. The zero-order valence-electron chi connectivity index (χ0n) is 17.1. The van der Waals surface area contributed by atoms with Crippen molar-refractivity contribution in [1.82, 2.24) is 9.80 Å². The minimum Gasteiger partial charge on any atom is -0.465 e. The summed E-state index contributed by atoms with van der Waals surface area (Å²) in [5.74, 6) is 2.12. The molecule has 3 fully saturated rings. The fourth-order valence-electron chi connectivity index (χ4n) is 5.55. The summed E-state index contributed by atoms with van der Waals surface area (Å²) in [5.41, 5.74) is 0.316. The monoisotopic (exact) mass is 376 g/mol. The molecule has 0 radical (unpaired) electrons. The number of aryl methyl sites for hydroxylation is 1. The lowest BCUT2D eigenvalue weighted by Gasteiger charge is -2.63. The van der Waals surface area contributed by atoms with Crippen LogP contribution in [0.5, 0.6) is 0 Å². The van der Waals surface area contributed by atoms with Crippen LogP contribution in [0.2, 0.25) is 0 Å². The molecule has 2 saturated heterocycles. The van der Waals surface area contributed by atoms with Gasteiger partial charge in [0.2, 0.25) is 0 Å². The van der Waals surface area contributed by atoms with Crippen molar-refractivity contribution in [1.29, 1.82) is 0 Å². The number of likely N-dealkylation sites (tertiary alicyclic amines) is 2. The number of piperidine rings is 1. The van der Waals surface area contributed by atoms with Crippen LogP contribution in [0, 0.1) is 6.92 Å². The lowest BCUT2D eigenvalue weighted by Crippen LogP contribution is -2.75. The van der Waals surface area contributed by atoms with Crippen LogP contribution in [0.3, 0.4) is 0 Å². The second-order valence-corrected chi connectivity index (χ2v) is 8.69. The molecule has 4 rings (SSSR count). The lowest BCUT2D eigenvalue weighted by atomic mass is 9.69. The van der Waals surface area contributed by atoms with Crippen molar-refractivity contribution >= 4 is 0 Å². The SMILES string of the molecule is COCCOC1CN(C2CCN(Cc3ccc(C)o3)CC2)C12CCCCC2. The van der Waals surface area contributed by atoms with E-state index in [1.165, 1.54) is 58.0 Å². The standard InChI is InChI=1S/C22H36N2O3/c1-18-6-7-20(27-18)16-23-12-8-19(9-13-23)24-17-21(26-15-14-25-2)22(24)10-4-3-5-11-22/h6-7,19,21H,3-5,8-17H2,1-2H3. The second kappa shape index (κ2) is 8.64. The maximum atomic E-state index is 6.25. The van der Waals surface area contributed by atoms with Crippen molar-refractivity contribution in [2.75, 3.05) is 40.0 Å². The van der Waals surface area contributed by atoms with Gasteiger partial charge in [-0.15, -0.1) is 0 Å². The van der Waals surface area contributed by atoms with Crippen LogP contribution >= 0.6 is 0 Å². The molecule has 0 bridgehead atoms. The van der Waals surface area contributed by atoms with E-state index in [9.17, 15) is 0 Å². The highest BCUT2D eigenvalue weighted by atomic mass is 16.5. The molecule has 1 saturated carbocycles. The highest BCUT2D eigenvalue weighted by Crippen LogP contribution is 2.47. The van der Waals surface area contributed by atoms with E-state index in [1.807, 2.05) is 6.92 Å². The lowest BCUT2D eigenvalue weighted by molar-refractivity contribution is -0.204. The number of hydrogen-bond donors (Lipinski definition) is 0. The number of methoxy groups -OCH3 is 1. The Labute approximate surface area is 164 Å². The Hall–Kier alpha value is -0.880. The van der Waals surface area contributed by atoms with Gasteiger partial charge in [-0.3, -0.25) is 9.80 Å². The fraction of sp³-hybridized carbons (Fsp3) is 0.818. The predicted octanol–water partition coefficient (Wildman–Crippen LogP) is 3.60. The van der Waals surface area contributed by atoms with E-state index in [2.05, 4.69) is 21.9 Å². The van der Waals surface area contributed by atoms with Crippen molar-refractivity contribution in [3.05, 3.63) is 23.7 Å². The summed E-state index contributed by atoms with van der Waals surface area (Å²) in [6, 6.07) is 4.91. The van der Waals surface area contributed by atoms with E-state index in [4.69, 9.17) is 13.9 Å². The number of ether oxygens (including phenoxy) is 2. The highest BCUT2D eigenvalue weighted by Gasteiger charge is 2.56. The summed E-state index contributed by atoms with van der Waals surface area (Å²) in [5, 5.41) is 0. The average molecular weight is 377 g/mol. The van der Waals surface area contributed by atoms with Crippen molar-refractivity contribution in [2.45, 2.75) is 76.1 Å². The molecule has 0 aromatic carbocycles. The molecule has 1 atom stereocenters. The van der Waals surface area contributed by atoms with Gasteiger partial charge < -0.3 is 13.9 Å². The molecule has 5 nitrogen and oxygen atoms in total. The van der Waals surface area contributed by atoms with E-state index in [0.29, 0.717) is 18.2 Å². The third-order valence-corrected chi connectivity index (χ3v) is 7.03. The highest BCUT2D eigenvalue weighted by molar-refractivity contribution is 5.12. The number of nitrogens with zero attached hydrogens (tertiary/aromatic N) is 2. The van der Waals surface area contributed by atoms with E-state index in [0.717, 1.165) is 37.3 Å². The van der Waals surface area contributed by atoms with Crippen LogP contribution in [-0.2, 0) is 16.0 Å². The Kier molecular flexibility index (Phi) is 6.22. The van der Waals surface area contributed by atoms with Crippen LogP contribution in [0.25, 0.3) is 0 Å². The van der Waals surface area contributed by atoms with Gasteiger partial charge in [0.15, 0.2) is 0 Å². The number of rotatable bonds is 7. The first-order chi connectivity index (χ1) is 13.2. The van der Waals surface area contributed by atoms with Gasteiger partial charge in [0.1, 0.15) is 11.5 Å². The van der Waals surface area contributed by atoms with Gasteiger partial charge >= 0.3 is 0 Å². The molecule has 3 aliphatic rings. The van der Waals surface area contributed by atoms with Gasteiger partial charge in [-0.25, -0.2) is 0 Å². The summed E-state index contributed by atoms with van der Waals surface area (Å²) < 4.78 is 17.2. The molecule has 152 valence electrons. The minimum atomic E-state index is 0.316. The molecule has 1 unspecified atom stereocenters. The Morgan fingerprint density at radius 3 is 2.56 bits per heavy atom. The maximum Gasteiger partial charge on any atom is 0.118 e. The first-order valence-electron chi connectivity index (χ1n) is 10.9. The van der Waals surface area contributed by atoms with Gasteiger partial charge in [-0.05, 0) is 44.7 Å². The van der Waals surface area contributed by atoms with Gasteiger partial charge in [0.05, 0.1) is 25.9 Å². The average Bonchev–Trinajstić information content (AvgIpc) is 3.10. The summed E-state index contributed by atoms with van der Waals surface area (Å²) in [6.07, 6.45) is 9.69. The van der Waals surface area contributed by atoms with Gasteiger partial charge in [0, 0.05) is 38.3 Å². The Morgan fingerprint density at radius 2 is 1.89 bits per heavy atom. The minimum absolute atomic E-state index is 0.316. The molecule has 1 aromatic rings. The first-order valence-corrected chi connectivity index (χ1v) is 10.9. The second-order valence-electron chi connectivity index (χ2n) is 8.69. The Morgan fingerprint density at radius 1 is 1.11 bits per heavy atom. The quantitative estimate of drug-likeness (QED) is 0.680. The van der Waals surface area contributed by atoms with E-state index in [1.54, 1.807) is 7.11 Å². The number of furan rings is 1. The van der Waals surface area contributed by atoms with Crippen LogP contribution in [0.15, 0.2) is 16.5 Å². The first kappa shape index (κ1) is 19.4. The van der Waals surface area contributed by atoms with Crippen LogP contribution in [0.1, 0.15) is 56.5 Å². The van der Waals surface area contributed by atoms with Crippen molar-refractivity contribution in [2.24, 2.45) is 0 Å². The number of hydrogen-bond acceptors (Lipinski definition) is 5. The summed E-state index contributed by atoms with van der Waals surface area (Å²) in [7, 11) is 1.75. The molecule has 1 spiro atoms. The molecular weight excluding hydrogens is 340 g/mol. The molecule has 2 aliphatic heterocycles. The molecule has 1 aromatic heterocycles. The van der Waals surface area contributed by atoms with E-state index in [-0.39, 0.29) is 0 Å². The van der Waals surface area contributed by atoms with Gasteiger partial charge in [-0.2, -0.15) is 0 Å². The molecule has 3 heterocycles. The topological polar surface area (TPSA) is 38.1 Å². The van der Waals surface area contributed by atoms with Crippen LogP contribution < -0.4 is 0 Å². The Bertz CT molecular complexity index is 588. The largest absolute Gasteiger partial charge is 0.465 e. The smallest absolute Gasteiger partial charge is 0.118 e. The normalized spacial score (nSPS) is 27.1. The third kappa shape index (κ3) is 4.12. The van der Waals surface area contributed by atoms with E-state index < -0.39 is 0 Å². The van der Waals surface area contributed by atoms with Crippen LogP contribution in [-0.4, -0.2) is 67.4 Å². The molecule has 1 aliphatic carbocycles. The zero-order chi connectivity index (χ0) is 18.7.